The molecular formula is C54H73N7O10S2. The molecule has 4 aromatic rings. The fourth-order valence-electron chi connectivity index (χ4n) is 10.7. The summed E-state index contributed by atoms with van der Waals surface area (Å²) in [6.45, 7) is 17.5. The number of phenols is 1. The second-order valence-electron chi connectivity index (χ2n) is 20.9. The average Bonchev–Trinajstić information content (AvgIpc) is 3.89. The van der Waals surface area contributed by atoms with Crippen LogP contribution in [0.25, 0.3) is 33.3 Å². The van der Waals surface area contributed by atoms with Gasteiger partial charge in [0.05, 0.1) is 30.5 Å². The fourth-order valence-corrected chi connectivity index (χ4v) is 10.7. The molecule has 17 nitrogen and oxygen atoms in total. The lowest BCUT2D eigenvalue weighted by Gasteiger charge is -2.37. The first-order chi connectivity index (χ1) is 33.8. The standard InChI is InChI=1S/C54H69N7O10.2H2S/c1-10-60-42-17-16-33-26-38(42)39(45(60)37-14-12-19-55-43(37)30(3)4)27-54(7,8)29-70-52(67)40-15-13-20-61(57-40)50(65)41(24-32-22-35(33)25-36(62)23-32)56-48(63)44(31(5)6)58(9)49(64)34-18-21-59(28-34)51(66)46-47(71-46)53(68)69-11-2;;/h12,14,16-17,19,22-23,25-26,30-31,34,40-41,44,46-47,57,62H,10-11,13,15,18,20-21,24,27-29H2,1-9H3,(H,56,63);2*1H2/t34-,40-,41-,44-,46-,47-;;/m0../s1. The predicted molar refractivity (Wildman–Crippen MR) is 286 cm³/mol. The van der Waals surface area contributed by atoms with Gasteiger partial charge in [-0.2, -0.15) is 27.0 Å². The lowest BCUT2D eigenvalue weighted by molar-refractivity contribution is -0.155. The van der Waals surface area contributed by atoms with Crippen LogP contribution in [0, 0.1) is 17.3 Å². The number of carbonyl (C=O) groups is 6. The van der Waals surface area contributed by atoms with Gasteiger partial charge < -0.3 is 39.0 Å². The number of cyclic esters (lactones) is 1. The second-order valence-corrected chi connectivity index (χ2v) is 20.9. The SMILES string of the molecule is CCOC(=O)[C@H]1O[C@@H]1C(=O)N1CC[C@H](C(=O)N(C)[C@H](C(=O)N[C@H]2Cc3cc(O)cc(c3)-c3ccc4c(c3)c(c(-c3cccnc3C(C)C)n4CC)CC(C)(C)COC(=O)[C@@H]3CCCN(N3)C2=O)C(C)C)C1.S.S. The summed E-state index contributed by atoms with van der Waals surface area (Å²) in [5, 5.41) is 16.8. The van der Waals surface area contributed by atoms with Crippen LogP contribution >= 0.6 is 27.0 Å². The van der Waals surface area contributed by atoms with E-state index < -0.39 is 71.3 Å². The van der Waals surface area contributed by atoms with E-state index in [1.54, 1.807) is 26.1 Å². The number of hydrogen-bond acceptors (Lipinski definition) is 12. The number of aryl methyl sites for hydroxylation is 1. The third-order valence-corrected chi connectivity index (χ3v) is 14.3. The first kappa shape index (κ1) is 56.7. The number of fused-ring (bicyclic) bond motifs is 6. The van der Waals surface area contributed by atoms with Crippen molar-refractivity contribution in [2.75, 3.05) is 39.9 Å². The minimum atomic E-state index is -1.20. The zero-order valence-corrected chi connectivity index (χ0v) is 45.5. The van der Waals surface area contributed by atoms with Gasteiger partial charge in [0.15, 0.2) is 12.2 Å². The number of carbonyl (C=O) groups excluding carboxylic acids is 6. The van der Waals surface area contributed by atoms with E-state index in [0.29, 0.717) is 43.4 Å². The Morgan fingerprint density at radius 3 is 2.44 bits per heavy atom. The molecule has 2 aromatic heterocycles. The van der Waals surface area contributed by atoms with Crippen LogP contribution in [0.15, 0.2) is 54.7 Å². The number of esters is 2. The highest BCUT2D eigenvalue weighted by molar-refractivity contribution is 7.59. The van der Waals surface area contributed by atoms with Crippen LogP contribution < -0.4 is 10.7 Å². The molecule has 6 heterocycles. The summed E-state index contributed by atoms with van der Waals surface area (Å²) in [5.41, 5.74) is 9.91. The number of pyridine rings is 1. The molecule has 6 atom stereocenters. The number of ether oxygens (including phenoxy) is 3. The molecule has 396 valence electrons. The van der Waals surface area contributed by atoms with E-state index in [2.05, 4.69) is 68.1 Å². The van der Waals surface area contributed by atoms with Gasteiger partial charge >= 0.3 is 11.9 Å². The molecule has 3 fully saturated rings. The van der Waals surface area contributed by atoms with E-state index >= 15 is 0 Å². The van der Waals surface area contributed by atoms with Crippen molar-refractivity contribution in [3.8, 4) is 28.1 Å². The number of epoxide rings is 1. The highest BCUT2D eigenvalue weighted by atomic mass is 32.1. The lowest BCUT2D eigenvalue weighted by Crippen LogP contribution is -2.62. The molecule has 4 amide bonds. The molecule has 73 heavy (non-hydrogen) atoms. The smallest absolute Gasteiger partial charge is 0.338 e. The van der Waals surface area contributed by atoms with E-state index in [1.165, 1.54) is 14.8 Å². The van der Waals surface area contributed by atoms with Crippen LogP contribution in [0.2, 0.25) is 0 Å². The van der Waals surface area contributed by atoms with Crippen LogP contribution in [-0.4, -0.2) is 135 Å². The maximum absolute atomic E-state index is 14.8. The Hall–Kier alpha value is -5.63. The zero-order valence-electron chi connectivity index (χ0n) is 43.5. The first-order valence-corrected chi connectivity index (χ1v) is 25.2. The lowest BCUT2D eigenvalue weighted by atomic mass is 9.83. The number of likely N-dealkylation sites (tertiary alicyclic amines) is 1. The molecular weight excluding hydrogens is 971 g/mol. The van der Waals surface area contributed by atoms with Gasteiger partial charge in [0.2, 0.25) is 11.8 Å². The Kier molecular flexibility index (Phi) is 18.1. The second kappa shape index (κ2) is 23.3. The van der Waals surface area contributed by atoms with Crippen LogP contribution in [0.3, 0.4) is 0 Å². The quantitative estimate of drug-likeness (QED) is 0.121. The molecule has 4 aliphatic rings. The molecule has 0 aliphatic carbocycles. The minimum Gasteiger partial charge on any atom is -0.508 e. The minimum absolute atomic E-state index is 0. The van der Waals surface area contributed by atoms with Gasteiger partial charge in [0, 0.05) is 67.7 Å². The Labute approximate surface area is 441 Å². The van der Waals surface area contributed by atoms with Crippen molar-refractivity contribution in [2.24, 2.45) is 17.3 Å². The van der Waals surface area contributed by atoms with Crippen molar-refractivity contribution in [3.63, 3.8) is 0 Å². The van der Waals surface area contributed by atoms with Crippen molar-refractivity contribution in [2.45, 2.75) is 130 Å². The van der Waals surface area contributed by atoms with Gasteiger partial charge in [-0.1, -0.05) is 53.7 Å². The number of benzene rings is 2. The largest absolute Gasteiger partial charge is 0.508 e. The number of likely N-dealkylation sites (N-methyl/N-ethyl adjacent to an activating group) is 1. The van der Waals surface area contributed by atoms with Crippen molar-refractivity contribution in [1.82, 2.24) is 35.1 Å². The summed E-state index contributed by atoms with van der Waals surface area (Å²) >= 11 is 0. The Morgan fingerprint density at radius 2 is 1.74 bits per heavy atom. The molecule has 2 aromatic carbocycles. The van der Waals surface area contributed by atoms with Gasteiger partial charge in [-0.3, -0.25) is 34.0 Å². The number of hydrogen-bond donors (Lipinski definition) is 3. The number of nitrogens with one attached hydrogen (secondary N) is 2. The Balaban J connectivity index is 0.00000435. The van der Waals surface area contributed by atoms with Crippen molar-refractivity contribution in [1.29, 1.82) is 0 Å². The topological polar surface area (TPSA) is 205 Å². The predicted octanol–water partition coefficient (Wildman–Crippen LogP) is 5.76. The maximum atomic E-state index is 14.8. The summed E-state index contributed by atoms with van der Waals surface area (Å²) in [5.74, 6) is -3.76. The van der Waals surface area contributed by atoms with E-state index in [-0.39, 0.29) is 89.7 Å². The highest BCUT2D eigenvalue weighted by Crippen LogP contribution is 2.42. The summed E-state index contributed by atoms with van der Waals surface area (Å²) in [7, 11) is 1.55. The fraction of sp³-hybridized carbons (Fsp3) is 0.537. The monoisotopic (exact) mass is 1040 g/mol. The van der Waals surface area contributed by atoms with Crippen LogP contribution in [0.1, 0.15) is 97.4 Å². The summed E-state index contributed by atoms with van der Waals surface area (Å²) in [6, 6.07) is 12.5. The van der Waals surface area contributed by atoms with E-state index in [1.807, 2.05) is 38.2 Å². The number of aromatic hydroxyl groups is 1. The molecule has 4 aliphatic heterocycles. The molecule has 0 saturated carbocycles. The molecule has 8 rings (SSSR count). The molecule has 6 bridgehead atoms. The summed E-state index contributed by atoms with van der Waals surface area (Å²) in [6.07, 6.45) is 1.72. The number of rotatable bonds is 11. The molecule has 0 spiro atoms. The van der Waals surface area contributed by atoms with Crippen molar-refractivity contribution >= 4 is 73.5 Å². The van der Waals surface area contributed by atoms with Gasteiger partial charge in [-0.15, -0.1) is 0 Å². The van der Waals surface area contributed by atoms with Gasteiger partial charge in [-0.05, 0) is 110 Å². The van der Waals surface area contributed by atoms with Gasteiger partial charge in [-0.25, -0.2) is 10.2 Å². The summed E-state index contributed by atoms with van der Waals surface area (Å²) in [4.78, 5) is 90.7. The molecule has 0 unspecified atom stereocenters. The molecule has 0 radical (unpaired) electrons. The Morgan fingerprint density at radius 1 is 0.986 bits per heavy atom. The molecule has 19 heteroatoms. The van der Waals surface area contributed by atoms with Crippen LogP contribution in [-0.2, 0) is 62.4 Å². The zero-order chi connectivity index (χ0) is 51.1. The third kappa shape index (κ3) is 12.0. The third-order valence-electron chi connectivity index (χ3n) is 14.3. The van der Waals surface area contributed by atoms with Crippen molar-refractivity contribution in [3.05, 3.63) is 71.5 Å². The van der Waals surface area contributed by atoms with Crippen LogP contribution in [0.4, 0.5) is 0 Å². The van der Waals surface area contributed by atoms with Gasteiger partial charge in [0.1, 0.15) is 23.9 Å². The number of phenolic OH excluding ortho intramolecular Hbond substituents is 1. The summed E-state index contributed by atoms with van der Waals surface area (Å²) < 4.78 is 18.8. The molecule has 3 N–H and O–H groups in total. The first-order valence-electron chi connectivity index (χ1n) is 25.2. The normalized spacial score (nSPS) is 22.2. The highest BCUT2D eigenvalue weighted by Gasteiger charge is 2.54. The number of hydrazine groups is 1. The van der Waals surface area contributed by atoms with E-state index in [4.69, 9.17) is 19.2 Å². The Bertz CT molecular complexity index is 2730. The van der Waals surface area contributed by atoms with Crippen LogP contribution in [0.5, 0.6) is 5.75 Å². The average molecular weight is 1040 g/mol. The number of nitrogens with zero attached hydrogens (tertiary/aromatic N) is 5. The van der Waals surface area contributed by atoms with Crippen molar-refractivity contribution < 1.29 is 48.1 Å². The number of aromatic nitrogens is 2. The maximum Gasteiger partial charge on any atom is 0.338 e. The molecule has 3 saturated heterocycles. The van der Waals surface area contributed by atoms with E-state index in [9.17, 15) is 33.9 Å². The van der Waals surface area contributed by atoms with Gasteiger partial charge in [0.25, 0.3) is 11.8 Å². The number of amides is 4. The van der Waals surface area contributed by atoms with E-state index in [0.717, 1.165) is 39.0 Å².